The number of piperidine rings is 1. The van der Waals surface area contributed by atoms with Crippen LogP contribution in [0.4, 0.5) is 0 Å². The molecule has 0 saturated carbocycles. The topological polar surface area (TPSA) is 47.4 Å². The first kappa shape index (κ1) is 19.2. The van der Waals surface area contributed by atoms with Crippen LogP contribution in [0.15, 0.2) is 67.0 Å². The van der Waals surface area contributed by atoms with Crippen molar-refractivity contribution < 1.29 is 9.53 Å². The second-order valence-electron chi connectivity index (χ2n) is 7.62. The van der Waals surface area contributed by atoms with Gasteiger partial charge in [-0.2, -0.15) is 0 Å². The highest BCUT2D eigenvalue weighted by atomic mass is 16.5. The van der Waals surface area contributed by atoms with Gasteiger partial charge in [0.15, 0.2) is 0 Å². The normalized spacial score (nSPS) is 14.7. The fourth-order valence-electron chi connectivity index (χ4n) is 4.02. The van der Waals surface area contributed by atoms with Gasteiger partial charge in [-0.25, -0.2) is 4.98 Å². The van der Waals surface area contributed by atoms with Gasteiger partial charge >= 0.3 is 0 Å². The molecule has 4 rings (SSSR count). The van der Waals surface area contributed by atoms with Crippen molar-refractivity contribution in [3.8, 4) is 17.1 Å². The Morgan fingerprint density at radius 1 is 1.10 bits per heavy atom. The summed E-state index contributed by atoms with van der Waals surface area (Å²) in [6.45, 7) is 2.59. The third-order valence-electron chi connectivity index (χ3n) is 5.66. The zero-order chi connectivity index (χ0) is 20.1. The van der Waals surface area contributed by atoms with Crippen molar-refractivity contribution in [1.82, 2.24) is 14.5 Å². The van der Waals surface area contributed by atoms with Gasteiger partial charge in [-0.15, -0.1) is 0 Å². The number of benzene rings is 2. The van der Waals surface area contributed by atoms with E-state index in [9.17, 15) is 4.79 Å². The Bertz CT molecular complexity index is 944. The molecule has 0 N–H and O–H groups in total. The minimum absolute atomic E-state index is 0.198. The zero-order valence-corrected chi connectivity index (χ0v) is 16.8. The summed E-state index contributed by atoms with van der Waals surface area (Å²) < 4.78 is 7.50. The first-order chi connectivity index (χ1) is 14.2. The molecular weight excluding hydrogens is 362 g/mol. The van der Waals surface area contributed by atoms with Crippen molar-refractivity contribution in [2.24, 2.45) is 5.92 Å². The zero-order valence-electron chi connectivity index (χ0n) is 16.8. The van der Waals surface area contributed by atoms with E-state index in [1.807, 2.05) is 53.6 Å². The maximum Gasteiger partial charge on any atom is 0.226 e. The van der Waals surface area contributed by atoms with Gasteiger partial charge in [-0.05, 0) is 36.5 Å². The number of imidazole rings is 1. The number of amides is 1. The lowest BCUT2D eigenvalue weighted by molar-refractivity contribution is -0.131. The molecule has 0 aliphatic carbocycles. The van der Waals surface area contributed by atoms with Crippen LogP contribution in [0.5, 0.6) is 5.75 Å². The number of ether oxygens (including phenoxy) is 1. The molecule has 1 fully saturated rings. The van der Waals surface area contributed by atoms with Crippen LogP contribution in [-0.4, -0.2) is 40.6 Å². The Labute approximate surface area is 171 Å². The largest absolute Gasteiger partial charge is 0.497 e. The molecule has 1 aromatic heterocycles. The van der Waals surface area contributed by atoms with Crippen molar-refractivity contribution in [3.63, 3.8) is 0 Å². The average molecular weight is 389 g/mol. The third-order valence-corrected chi connectivity index (χ3v) is 5.66. The van der Waals surface area contributed by atoms with E-state index in [1.54, 1.807) is 7.11 Å². The molecular formula is C24H27N3O2. The Morgan fingerprint density at radius 3 is 2.66 bits per heavy atom. The lowest BCUT2D eigenvalue weighted by Crippen LogP contribution is -2.40. The summed E-state index contributed by atoms with van der Waals surface area (Å²) in [5, 5.41) is 0. The molecule has 29 heavy (non-hydrogen) atoms. The highest BCUT2D eigenvalue weighted by Crippen LogP contribution is 2.24. The number of carbonyl (C=O) groups excluding carboxylic acids is 1. The van der Waals surface area contributed by atoms with E-state index in [-0.39, 0.29) is 5.91 Å². The number of carbonyl (C=O) groups is 1. The summed E-state index contributed by atoms with van der Waals surface area (Å²) in [5.74, 6) is 2.57. The van der Waals surface area contributed by atoms with E-state index in [1.165, 1.54) is 0 Å². The Hall–Kier alpha value is -3.08. The monoisotopic (exact) mass is 389 g/mol. The molecule has 0 spiro atoms. The minimum atomic E-state index is 0.198. The first-order valence-corrected chi connectivity index (χ1v) is 10.2. The summed E-state index contributed by atoms with van der Waals surface area (Å²) in [6.07, 6.45) is 6.41. The van der Waals surface area contributed by atoms with Crippen molar-refractivity contribution >= 4 is 5.91 Å². The van der Waals surface area contributed by atoms with Crippen molar-refractivity contribution in [2.45, 2.75) is 25.8 Å². The van der Waals surface area contributed by atoms with Gasteiger partial charge in [0, 0.05) is 37.6 Å². The van der Waals surface area contributed by atoms with Gasteiger partial charge in [-0.3, -0.25) is 4.79 Å². The molecule has 1 aliphatic heterocycles. The molecule has 150 valence electrons. The Balaban J connectivity index is 1.32. The van der Waals surface area contributed by atoms with Crippen LogP contribution in [0.25, 0.3) is 11.4 Å². The summed E-state index contributed by atoms with van der Waals surface area (Å²) in [6, 6.07) is 18.1. The highest BCUT2D eigenvalue weighted by Gasteiger charge is 2.23. The maximum absolute atomic E-state index is 12.7. The van der Waals surface area contributed by atoms with Crippen LogP contribution in [0.3, 0.4) is 0 Å². The lowest BCUT2D eigenvalue weighted by Gasteiger charge is -2.32. The summed E-state index contributed by atoms with van der Waals surface area (Å²) >= 11 is 0. The molecule has 0 atom stereocenters. The number of methoxy groups -OCH3 is 1. The maximum atomic E-state index is 12.7. The predicted octanol–water partition coefficient (Wildman–Crippen LogP) is 4.04. The second kappa shape index (κ2) is 8.95. The average Bonchev–Trinajstić information content (AvgIpc) is 3.23. The number of hydrogen-bond acceptors (Lipinski definition) is 3. The smallest absolute Gasteiger partial charge is 0.226 e. The van der Waals surface area contributed by atoms with Crippen LogP contribution >= 0.6 is 0 Å². The van der Waals surface area contributed by atoms with Gasteiger partial charge in [0.2, 0.25) is 5.91 Å². The van der Waals surface area contributed by atoms with Crippen LogP contribution in [0.1, 0.15) is 18.4 Å². The Kier molecular flexibility index (Phi) is 5.94. The van der Waals surface area contributed by atoms with Crippen LogP contribution in [0.2, 0.25) is 0 Å². The fraction of sp³-hybridized carbons (Fsp3) is 0.333. The summed E-state index contributed by atoms with van der Waals surface area (Å²) in [5.41, 5.74) is 2.14. The standard InChI is InChI=1S/C24H27N3O2/c1-29-22-9-5-6-20(16-22)17-23(28)26-13-10-19(11-14-26)18-27-15-12-25-24(27)21-7-3-2-4-8-21/h2-9,12,15-16,19H,10-11,13-14,17-18H2,1H3. The van der Waals surface area contributed by atoms with E-state index in [0.29, 0.717) is 12.3 Å². The molecule has 0 unspecified atom stereocenters. The number of hydrogen-bond donors (Lipinski definition) is 0. The van der Waals surface area contributed by atoms with Crippen LogP contribution < -0.4 is 4.74 Å². The van der Waals surface area contributed by atoms with Crippen LogP contribution in [0, 0.1) is 5.92 Å². The molecule has 5 heteroatoms. The molecule has 0 radical (unpaired) electrons. The number of likely N-dealkylation sites (tertiary alicyclic amines) is 1. The van der Waals surface area contributed by atoms with Crippen molar-refractivity contribution in [2.75, 3.05) is 20.2 Å². The summed E-state index contributed by atoms with van der Waals surface area (Å²) in [4.78, 5) is 19.2. The fourth-order valence-corrected chi connectivity index (χ4v) is 4.02. The van der Waals surface area contributed by atoms with E-state index >= 15 is 0 Å². The van der Waals surface area contributed by atoms with Crippen LogP contribution in [-0.2, 0) is 17.8 Å². The number of aromatic nitrogens is 2. The second-order valence-corrected chi connectivity index (χ2v) is 7.62. The highest BCUT2D eigenvalue weighted by molar-refractivity contribution is 5.79. The SMILES string of the molecule is COc1cccc(CC(=O)N2CCC(Cn3ccnc3-c3ccccc3)CC2)c1. The van der Waals surface area contributed by atoms with Crippen molar-refractivity contribution in [3.05, 3.63) is 72.6 Å². The minimum Gasteiger partial charge on any atom is -0.497 e. The Morgan fingerprint density at radius 2 is 1.90 bits per heavy atom. The van der Waals surface area contributed by atoms with E-state index in [0.717, 1.165) is 55.2 Å². The van der Waals surface area contributed by atoms with Gasteiger partial charge in [-0.1, -0.05) is 42.5 Å². The third kappa shape index (κ3) is 4.67. The molecule has 2 aromatic carbocycles. The van der Waals surface area contributed by atoms with E-state index in [4.69, 9.17) is 4.74 Å². The molecule has 1 aliphatic rings. The van der Waals surface area contributed by atoms with Gasteiger partial charge in [0.05, 0.1) is 13.5 Å². The van der Waals surface area contributed by atoms with Crippen molar-refractivity contribution in [1.29, 1.82) is 0 Å². The lowest BCUT2D eigenvalue weighted by atomic mass is 9.96. The molecule has 1 amide bonds. The molecule has 5 nitrogen and oxygen atoms in total. The molecule has 1 saturated heterocycles. The van der Waals surface area contributed by atoms with Gasteiger partial charge in [0.25, 0.3) is 0 Å². The van der Waals surface area contributed by atoms with E-state index < -0.39 is 0 Å². The van der Waals surface area contributed by atoms with E-state index in [2.05, 4.69) is 27.9 Å². The molecule has 3 aromatic rings. The number of nitrogens with zero attached hydrogens (tertiary/aromatic N) is 3. The molecule has 0 bridgehead atoms. The quantitative estimate of drug-likeness (QED) is 0.639. The number of rotatable bonds is 6. The molecule has 2 heterocycles. The predicted molar refractivity (Wildman–Crippen MR) is 114 cm³/mol. The first-order valence-electron chi connectivity index (χ1n) is 10.2. The van der Waals surface area contributed by atoms with Gasteiger partial charge < -0.3 is 14.2 Å². The van der Waals surface area contributed by atoms with Gasteiger partial charge in [0.1, 0.15) is 11.6 Å². The summed E-state index contributed by atoms with van der Waals surface area (Å²) in [7, 11) is 1.65.